The number of amides is 2. The zero-order valence-electron chi connectivity index (χ0n) is 14.4. The molecule has 0 fully saturated rings. The van der Waals surface area contributed by atoms with E-state index in [1.165, 1.54) is 0 Å². The first-order valence-corrected chi connectivity index (χ1v) is 8.19. The number of benzene rings is 2. The second-order valence-electron chi connectivity index (χ2n) is 5.58. The highest BCUT2D eigenvalue weighted by molar-refractivity contribution is 5.99. The van der Waals surface area contributed by atoms with E-state index < -0.39 is 0 Å². The minimum absolute atomic E-state index is 0.331. The molecule has 0 aliphatic carbocycles. The zero-order valence-corrected chi connectivity index (χ0v) is 14.4. The van der Waals surface area contributed by atoms with Crippen molar-refractivity contribution >= 4 is 23.2 Å². The molecular formula is C20H20N4O2. The minimum Gasteiger partial charge on any atom is -0.497 e. The number of hydrogen-bond donors (Lipinski definition) is 3. The number of methoxy groups -OCH3 is 1. The van der Waals surface area contributed by atoms with Gasteiger partial charge in [-0.3, -0.25) is 5.32 Å². The molecule has 0 unspecified atom stereocenters. The van der Waals surface area contributed by atoms with Crippen LogP contribution < -0.4 is 20.7 Å². The first kappa shape index (κ1) is 17.3. The van der Waals surface area contributed by atoms with Crippen LogP contribution in [0.1, 0.15) is 5.56 Å². The average Bonchev–Trinajstić information content (AvgIpc) is 2.68. The number of aromatic nitrogens is 1. The molecule has 0 aliphatic heterocycles. The summed E-state index contributed by atoms with van der Waals surface area (Å²) in [6, 6.07) is 20.4. The number of ether oxygens (including phenoxy) is 1. The number of nitrogens with zero attached hydrogens (tertiary/aromatic N) is 1. The standard InChI is InChI=1S/C20H20N4O2/c1-26-18-10-7-15(8-11-18)13-21-17-9-12-19(22-14-17)24-20(25)23-16-5-3-2-4-6-16/h2-12,14,21H,13H2,1H3,(H2,22,23,24,25). The Morgan fingerprint density at radius 1 is 0.923 bits per heavy atom. The maximum atomic E-state index is 11.9. The number of rotatable bonds is 6. The van der Waals surface area contributed by atoms with Crippen LogP contribution in [0.4, 0.5) is 22.0 Å². The molecule has 0 atom stereocenters. The van der Waals surface area contributed by atoms with Crippen LogP contribution in [0, 0.1) is 0 Å². The summed E-state index contributed by atoms with van der Waals surface area (Å²) in [5.41, 5.74) is 2.73. The maximum absolute atomic E-state index is 11.9. The number of para-hydroxylation sites is 1. The third-order valence-electron chi connectivity index (χ3n) is 3.69. The van der Waals surface area contributed by atoms with Gasteiger partial charge in [0.05, 0.1) is 19.0 Å². The Morgan fingerprint density at radius 2 is 1.69 bits per heavy atom. The van der Waals surface area contributed by atoms with Crippen molar-refractivity contribution in [1.29, 1.82) is 0 Å². The smallest absolute Gasteiger partial charge is 0.324 e. The molecular weight excluding hydrogens is 328 g/mol. The molecule has 0 saturated carbocycles. The molecule has 3 rings (SSSR count). The van der Waals surface area contributed by atoms with E-state index in [4.69, 9.17) is 4.74 Å². The Labute approximate surface area is 152 Å². The van der Waals surface area contributed by atoms with Crippen molar-refractivity contribution in [3.05, 3.63) is 78.5 Å². The second kappa shape index (κ2) is 8.53. The topological polar surface area (TPSA) is 75.3 Å². The largest absolute Gasteiger partial charge is 0.497 e. The number of hydrogen-bond acceptors (Lipinski definition) is 4. The first-order chi connectivity index (χ1) is 12.7. The molecule has 26 heavy (non-hydrogen) atoms. The Balaban J connectivity index is 1.50. The summed E-state index contributed by atoms with van der Waals surface area (Å²) < 4.78 is 5.14. The van der Waals surface area contributed by atoms with Gasteiger partial charge in [-0.05, 0) is 42.0 Å². The van der Waals surface area contributed by atoms with Crippen molar-refractivity contribution in [2.45, 2.75) is 6.54 Å². The van der Waals surface area contributed by atoms with Crippen molar-refractivity contribution in [3.63, 3.8) is 0 Å². The van der Waals surface area contributed by atoms with Gasteiger partial charge in [-0.2, -0.15) is 0 Å². The Kier molecular flexibility index (Phi) is 5.67. The third-order valence-corrected chi connectivity index (χ3v) is 3.69. The fourth-order valence-electron chi connectivity index (χ4n) is 2.32. The van der Waals surface area contributed by atoms with Crippen molar-refractivity contribution < 1.29 is 9.53 Å². The van der Waals surface area contributed by atoms with Crippen molar-refractivity contribution in [2.24, 2.45) is 0 Å². The van der Waals surface area contributed by atoms with E-state index in [2.05, 4.69) is 20.9 Å². The summed E-state index contributed by atoms with van der Waals surface area (Å²) in [5.74, 6) is 1.31. The van der Waals surface area contributed by atoms with E-state index in [-0.39, 0.29) is 6.03 Å². The van der Waals surface area contributed by atoms with Gasteiger partial charge in [0.2, 0.25) is 0 Å². The maximum Gasteiger partial charge on any atom is 0.324 e. The number of urea groups is 1. The Bertz CT molecular complexity index is 834. The molecule has 0 saturated heterocycles. The van der Waals surface area contributed by atoms with Gasteiger partial charge in [0.15, 0.2) is 0 Å². The summed E-state index contributed by atoms with van der Waals surface area (Å²) in [5, 5.41) is 8.73. The monoisotopic (exact) mass is 348 g/mol. The molecule has 6 heteroatoms. The van der Waals surface area contributed by atoms with Crippen LogP contribution in [0.25, 0.3) is 0 Å². The molecule has 3 N–H and O–H groups in total. The van der Waals surface area contributed by atoms with Gasteiger partial charge >= 0.3 is 6.03 Å². The van der Waals surface area contributed by atoms with E-state index in [1.54, 1.807) is 19.4 Å². The average molecular weight is 348 g/mol. The lowest BCUT2D eigenvalue weighted by Gasteiger charge is -2.09. The highest BCUT2D eigenvalue weighted by Gasteiger charge is 2.03. The van der Waals surface area contributed by atoms with Gasteiger partial charge < -0.3 is 15.4 Å². The lowest BCUT2D eigenvalue weighted by Crippen LogP contribution is -2.19. The van der Waals surface area contributed by atoms with Gasteiger partial charge in [0.25, 0.3) is 0 Å². The van der Waals surface area contributed by atoms with Crippen molar-refractivity contribution in [1.82, 2.24) is 4.98 Å². The second-order valence-corrected chi connectivity index (χ2v) is 5.58. The van der Waals surface area contributed by atoms with Gasteiger partial charge in [0.1, 0.15) is 11.6 Å². The van der Waals surface area contributed by atoms with E-state index in [9.17, 15) is 4.79 Å². The summed E-state index contributed by atoms with van der Waals surface area (Å²) >= 11 is 0. The van der Waals surface area contributed by atoms with Crippen molar-refractivity contribution in [2.75, 3.05) is 23.1 Å². The lowest BCUT2D eigenvalue weighted by atomic mass is 10.2. The number of nitrogens with one attached hydrogen (secondary N) is 3. The van der Waals surface area contributed by atoms with Gasteiger partial charge in [-0.15, -0.1) is 0 Å². The molecule has 2 amide bonds. The summed E-state index contributed by atoms with van der Waals surface area (Å²) in [7, 11) is 1.65. The van der Waals surface area contributed by atoms with Crippen molar-refractivity contribution in [3.8, 4) is 5.75 Å². The molecule has 0 bridgehead atoms. The molecule has 0 spiro atoms. The molecule has 1 aromatic heterocycles. The lowest BCUT2D eigenvalue weighted by molar-refractivity contribution is 0.262. The van der Waals surface area contributed by atoms with E-state index in [0.29, 0.717) is 12.4 Å². The van der Waals surface area contributed by atoms with E-state index in [0.717, 1.165) is 22.7 Å². The molecule has 1 heterocycles. The van der Waals surface area contributed by atoms with Gasteiger partial charge in [-0.1, -0.05) is 30.3 Å². The minimum atomic E-state index is -0.331. The molecule has 0 aliphatic rings. The SMILES string of the molecule is COc1ccc(CNc2ccc(NC(=O)Nc3ccccc3)nc2)cc1. The number of anilines is 3. The van der Waals surface area contributed by atoms with Gasteiger partial charge in [0, 0.05) is 12.2 Å². The summed E-state index contributed by atoms with van der Waals surface area (Å²) in [6.07, 6.45) is 1.68. The predicted molar refractivity (Wildman–Crippen MR) is 104 cm³/mol. The quantitative estimate of drug-likeness (QED) is 0.619. The van der Waals surface area contributed by atoms with Gasteiger partial charge in [-0.25, -0.2) is 9.78 Å². The Hall–Kier alpha value is -3.54. The summed E-state index contributed by atoms with van der Waals surface area (Å²) in [6.45, 7) is 0.674. The number of carbonyl (C=O) groups excluding carboxylic acids is 1. The van der Waals surface area contributed by atoms with E-state index in [1.807, 2.05) is 60.7 Å². The molecule has 2 aromatic carbocycles. The van der Waals surface area contributed by atoms with Crippen LogP contribution in [0.2, 0.25) is 0 Å². The normalized spacial score (nSPS) is 10.0. The fourth-order valence-corrected chi connectivity index (χ4v) is 2.32. The van der Waals surface area contributed by atoms with Crippen LogP contribution in [0.5, 0.6) is 5.75 Å². The highest BCUT2D eigenvalue weighted by Crippen LogP contribution is 2.14. The van der Waals surface area contributed by atoms with Crippen LogP contribution in [-0.4, -0.2) is 18.1 Å². The van der Waals surface area contributed by atoms with Crippen LogP contribution in [0.3, 0.4) is 0 Å². The number of carbonyl (C=O) groups is 1. The molecule has 0 radical (unpaired) electrons. The predicted octanol–water partition coefficient (Wildman–Crippen LogP) is 4.35. The third kappa shape index (κ3) is 4.98. The Morgan fingerprint density at radius 3 is 2.35 bits per heavy atom. The van der Waals surface area contributed by atoms with E-state index >= 15 is 0 Å². The molecule has 6 nitrogen and oxygen atoms in total. The highest BCUT2D eigenvalue weighted by atomic mass is 16.5. The van der Waals surface area contributed by atoms with Crippen LogP contribution in [0.15, 0.2) is 72.9 Å². The zero-order chi connectivity index (χ0) is 18.2. The van der Waals surface area contributed by atoms with Crippen LogP contribution >= 0.6 is 0 Å². The molecule has 3 aromatic rings. The number of pyridine rings is 1. The summed E-state index contributed by atoms with van der Waals surface area (Å²) in [4.78, 5) is 16.2. The van der Waals surface area contributed by atoms with Crippen LogP contribution in [-0.2, 0) is 6.54 Å². The first-order valence-electron chi connectivity index (χ1n) is 8.19. The fraction of sp³-hybridized carbons (Fsp3) is 0.100. The molecule has 132 valence electrons.